The van der Waals surface area contributed by atoms with E-state index < -0.39 is 0 Å². The van der Waals surface area contributed by atoms with E-state index in [0.717, 1.165) is 31.5 Å². The first kappa shape index (κ1) is 16.6. The molecule has 1 aromatic rings. The first-order chi connectivity index (χ1) is 8.77. The summed E-state index contributed by atoms with van der Waals surface area (Å²) in [7, 11) is 1.40. The van der Waals surface area contributed by atoms with Crippen molar-refractivity contribution in [2.24, 2.45) is 0 Å². The zero-order chi connectivity index (χ0) is 13.8. The highest BCUT2D eigenvalue weighted by molar-refractivity contribution is 5.89. The van der Waals surface area contributed by atoms with Crippen LogP contribution >= 0.6 is 0 Å². The van der Waals surface area contributed by atoms with Crippen LogP contribution in [0.5, 0.6) is 0 Å². The van der Waals surface area contributed by atoms with Gasteiger partial charge in [-0.3, -0.25) is 0 Å². The molecular weight excluding hydrogens is 226 g/mol. The number of ether oxygens (including phenoxy) is 1. The van der Waals surface area contributed by atoms with E-state index in [1.54, 1.807) is 6.07 Å². The number of rotatable bonds is 6. The van der Waals surface area contributed by atoms with Crippen molar-refractivity contribution >= 4 is 5.97 Å². The summed E-state index contributed by atoms with van der Waals surface area (Å²) in [5, 5.41) is 3.33. The molecule has 0 unspecified atom stereocenters. The number of carbonyl (C=O) groups excluding carboxylic acids is 1. The summed E-state index contributed by atoms with van der Waals surface area (Å²) in [5.74, 6) is -0.275. The van der Waals surface area contributed by atoms with Gasteiger partial charge < -0.3 is 10.1 Å². The summed E-state index contributed by atoms with van der Waals surface area (Å²) in [6, 6.07) is 7.58. The lowest BCUT2D eigenvalue weighted by Gasteiger charge is -2.05. The van der Waals surface area contributed by atoms with Crippen molar-refractivity contribution in [3.63, 3.8) is 0 Å². The fourth-order valence-corrected chi connectivity index (χ4v) is 1.51. The molecule has 0 aliphatic rings. The lowest BCUT2D eigenvalue weighted by atomic mass is 10.1. The third-order valence-electron chi connectivity index (χ3n) is 2.37. The van der Waals surface area contributed by atoms with Crippen LogP contribution in [0.25, 0.3) is 0 Å². The molecule has 0 aliphatic carbocycles. The zero-order valence-electron chi connectivity index (χ0n) is 12.0. The largest absolute Gasteiger partial charge is 0.465 e. The highest BCUT2D eigenvalue weighted by Gasteiger charge is 2.04. The molecule has 0 aromatic heterocycles. The Balaban J connectivity index is 0.00000137. The molecule has 0 bridgehead atoms. The summed E-state index contributed by atoms with van der Waals surface area (Å²) in [5.41, 5.74) is 1.78. The fraction of sp³-hybridized carbons (Fsp3) is 0.533. The van der Waals surface area contributed by atoms with Crippen LogP contribution in [0, 0.1) is 0 Å². The van der Waals surface area contributed by atoms with Gasteiger partial charge in [-0.15, -0.1) is 0 Å². The Bertz CT molecular complexity index is 337. The van der Waals surface area contributed by atoms with Gasteiger partial charge in [0.15, 0.2) is 0 Å². The smallest absolute Gasteiger partial charge is 0.337 e. The van der Waals surface area contributed by atoms with Crippen molar-refractivity contribution in [1.82, 2.24) is 5.32 Å². The average Bonchev–Trinajstić information content (AvgIpc) is 2.45. The van der Waals surface area contributed by atoms with Crippen molar-refractivity contribution < 1.29 is 9.53 Å². The van der Waals surface area contributed by atoms with Crippen LogP contribution in [0.3, 0.4) is 0 Å². The Morgan fingerprint density at radius 1 is 1.28 bits per heavy atom. The van der Waals surface area contributed by atoms with Crippen LogP contribution < -0.4 is 5.32 Å². The molecule has 3 nitrogen and oxygen atoms in total. The second-order valence-corrected chi connectivity index (χ2v) is 3.69. The Kier molecular flexibility index (Phi) is 9.97. The number of methoxy groups -OCH3 is 1. The molecule has 0 amide bonds. The topological polar surface area (TPSA) is 38.3 Å². The van der Waals surface area contributed by atoms with E-state index in [2.05, 4.69) is 17.0 Å². The molecule has 18 heavy (non-hydrogen) atoms. The second kappa shape index (κ2) is 10.8. The van der Waals surface area contributed by atoms with E-state index in [1.165, 1.54) is 7.11 Å². The molecule has 1 N–H and O–H groups in total. The molecule has 0 fully saturated rings. The molecule has 0 spiro atoms. The Morgan fingerprint density at radius 2 is 2.00 bits per heavy atom. The minimum absolute atomic E-state index is 0.275. The quantitative estimate of drug-likeness (QED) is 0.624. The minimum atomic E-state index is -0.275. The van der Waals surface area contributed by atoms with Gasteiger partial charge in [0.1, 0.15) is 0 Å². The summed E-state index contributed by atoms with van der Waals surface area (Å²) in [4.78, 5) is 11.3. The number of hydrogen-bond acceptors (Lipinski definition) is 3. The predicted octanol–water partition coefficient (Wildman–Crippen LogP) is 3.04. The predicted molar refractivity (Wildman–Crippen MR) is 76.0 cm³/mol. The Hall–Kier alpha value is -1.35. The first-order valence-electron chi connectivity index (χ1n) is 6.66. The third-order valence-corrected chi connectivity index (χ3v) is 2.37. The Morgan fingerprint density at radius 3 is 2.61 bits per heavy atom. The van der Waals surface area contributed by atoms with Crippen molar-refractivity contribution in [3.05, 3.63) is 35.4 Å². The molecule has 0 atom stereocenters. The summed E-state index contributed by atoms with van der Waals surface area (Å²) >= 11 is 0. The highest BCUT2D eigenvalue weighted by Crippen LogP contribution is 2.06. The standard InChI is InChI=1S/C13H19NO2.C2H6/c1-3-8-14-9-7-11-5-4-6-12(10-11)13(15)16-2;1-2/h4-6,10,14H,3,7-9H2,1-2H3;1-2H3. The average molecular weight is 251 g/mol. The number of carbonyl (C=O) groups is 1. The van der Waals surface area contributed by atoms with E-state index in [-0.39, 0.29) is 5.97 Å². The molecule has 0 radical (unpaired) electrons. The summed E-state index contributed by atoms with van der Waals surface area (Å²) in [6.45, 7) is 8.13. The zero-order valence-corrected chi connectivity index (χ0v) is 12.0. The molecule has 1 rings (SSSR count). The van der Waals surface area contributed by atoms with Crippen LogP contribution in [0.4, 0.5) is 0 Å². The number of benzene rings is 1. The van der Waals surface area contributed by atoms with E-state index in [1.807, 2.05) is 32.0 Å². The lowest BCUT2D eigenvalue weighted by Crippen LogP contribution is -2.17. The van der Waals surface area contributed by atoms with E-state index in [9.17, 15) is 4.79 Å². The van der Waals surface area contributed by atoms with Gasteiger partial charge in [-0.05, 0) is 43.6 Å². The number of nitrogens with one attached hydrogen (secondary N) is 1. The van der Waals surface area contributed by atoms with Gasteiger partial charge in [0.05, 0.1) is 12.7 Å². The molecule has 0 heterocycles. The molecule has 102 valence electrons. The number of hydrogen-bond donors (Lipinski definition) is 1. The van der Waals surface area contributed by atoms with Crippen LogP contribution in [0.1, 0.15) is 43.1 Å². The van der Waals surface area contributed by atoms with Gasteiger partial charge in [0.2, 0.25) is 0 Å². The SMILES string of the molecule is CC.CCCNCCc1cccc(C(=O)OC)c1. The molecule has 1 aromatic carbocycles. The van der Waals surface area contributed by atoms with Crippen molar-refractivity contribution in [2.75, 3.05) is 20.2 Å². The minimum Gasteiger partial charge on any atom is -0.465 e. The second-order valence-electron chi connectivity index (χ2n) is 3.69. The maximum Gasteiger partial charge on any atom is 0.337 e. The van der Waals surface area contributed by atoms with Crippen LogP contribution in [-0.2, 0) is 11.2 Å². The van der Waals surface area contributed by atoms with Gasteiger partial charge >= 0.3 is 5.97 Å². The van der Waals surface area contributed by atoms with Gasteiger partial charge in [-0.1, -0.05) is 32.9 Å². The molecule has 0 saturated carbocycles. The Labute approximate surface area is 111 Å². The van der Waals surface area contributed by atoms with Crippen LogP contribution in [-0.4, -0.2) is 26.2 Å². The first-order valence-corrected chi connectivity index (χ1v) is 6.66. The maximum atomic E-state index is 11.3. The van der Waals surface area contributed by atoms with E-state index >= 15 is 0 Å². The maximum absolute atomic E-state index is 11.3. The van der Waals surface area contributed by atoms with E-state index in [4.69, 9.17) is 0 Å². The van der Waals surface area contributed by atoms with Gasteiger partial charge in [0, 0.05) is 0 Å². The highest BCUT2D eigenvalue weighted by atomic mass is 16.5. The van der Waals surface area contributed by atoms with E-state index in [0.29, 0.717) is 5.56 Å². The normalized spacial score (nSPS) is 9.33. The van der Waals surface area contributed by atoms with Gasteiger partial charge in [-0.25, -0.2) is 4.79 Å². The molecule has 3 heteroatoms. The van der Waals surface area contributed by atoms with Crippen molar-refractivity contribution in [3.8, 4) is 0 Å². The third kappa shape index (κ3) is 6.40. The summed E-state index contributed by atoms with van der Waals surface area (Å²) in [6.07, 6.45) is 2.08. The fourth-order valence-electron chi connectivity index (χ4n) is 1.51. The summed E-state index contributed by atoms with van der Waals surface area (Å²) < 4.78 is 4.68. The van der Waals surface area contributed by atoms with Crippen LogP contribution in [0.15, 0.2) is 24.3 Å². The molecule has 0 aliphatic heterocycles. The van der Waals surface area contributed by atoms with Crippen LogP contribution in [0.2, 0.25) is 0 Å². The van der Waals surface area contributed by atoms with Gasteiger partial charge in [-0.2, -0.15) is 0 Å². The van der Waals surface area contributed by atoms with Crippen molar-refractivity contribution in [2.45, 2.75) is 33.6 Å². The van der Waals surface area contributed by atoms with Gasteiger partial charge in [0.25, 0.3) is 0 Å². The molecule has 0 saturated heterocycles. The number of esters is 1. The van der Waals surface area contributed by atoms with Crippen molar-refractivity contribution in [1.29, 1.82) is 0 Å². The molecular formula is C15H25NO2. The monoisotopic (exact) mass is 251 g/mol. The lowest BCUT2D eigenvalue weighted by molar-refractivity contribution is 0.0600.